The van der Waals surface area contributed by atoms with Gasteiger partial charge in [0.1, 0.15) is 0 Å². The molecule has 6 heteroatoms. The van der Waals surface area contributed by atoms with Crippen molar-refractivity contribution in [2.75, 3.05) is 40.4 Å². The summed E-state index contributed by atoms with van der Waals surface area (Å²) < 4.78 is 7.13. The van der Waals surface area contributed by atoms with E-state index in [-0.39, 0.29) is 0 Å². The van der Waals surface area contributed by atoms with E-state index < -0.39 is 0 Å². The fraction of sp³-hybridized carbons (Fsp3) is 0.692. The lowest BCUT2D eigenvalue weighted by Gasteiger charge is -2.21. The number of aromatic nitrogens is 2. The Hall–Kier alpha value is -1.56. The molecule has 0 amide bonds. The fourth-order valence-electron chi connectivity index (χ4n) is 2.44. The topological polar surface area (TPSA) is 54.7 Å². The molecule has 6 nitrogen and oxygen atoms in total. The van der Waals surface area contributed by atoms with Gasteiger partial charge in [-0.2, -0.15) is 5.10 Å². The van der Waals surface area contributed by atoms with Crippen LogP contribution in [0.2, 0.25) is 0 Å². The largest absolute Gasteiger partial charge is 0.384 e. The van der Waals surface area contributed by atoms with Gasteiger partial charge >= 0.3 is 0 Å². The maximum Gasteiger partial charge on any atom is 0.193 e. The molecule has 1 aliphatic rings. The van der Waals surface area contributed by atoms with Crippen LogP contribution in [-0.4, -0.2) is 61.0 Å². The Balaban J connectivity index is 1.74. The van der Waals surface area contributed by atoms with Crippen molar-refractivity contribution in [1.82, 2.24) is 20.0 Å². The van der Waals surface area contributed by atoms with Gasteiger partial charge in [-0.15, -0.1) is 0 Å². The van der Waals surface area contributed by atoms with E-state index in [0.29, 0.717) is 5.92 Å². The monoisotopic (exact) mass is 265 g/mol. The van der Waals surface area contributed by atoms with Crippen LogP contribution in [0.4, 0.5) is 0 Å². The highest BCUT2D eigenvalue weighted by molar-refractivity contribution is 5.80. The maximum absolute atomic E-state index is 5.22. The van der Waals surface area contributed by atoms with Gasteiger partial charge in [-0.25, -0.2) is 0 Å². The summed E-state index contributed by atoms with van der Waals surface area (Å²) in [5.41, 5.74) is 0. The number of methoxy groups -OCH3 is 1. The quantitative estimate of drug-likeness (QED) is 0.619. The smallest absolute Gasteiger partial charge is 0.193 e. The first-order chi connectivity index (χ1) is 9.33. The van der Waals surface area contributed by atoms with Crippen molar-refractivity contribution in [2.45, 2.75) is 13.0 Å². The highest BCUT2D eigenvalue weighted by Crippen LogP contribution is 2.16. The number of aliphatic imine (C=N–C) groups is 1. The van der Waals surface area contributed by atoms with Gasteiger partial charge in [-0.1, -0.05) is 0 Å². The van der Waals surface area contributed by atoms with Gasteiger partial charge in [-0.3, -0.25) is 9.67 Å². The molecule has 1 aliphatic heterocycles. The third-order valence-electron chi connectivity index (χ3n) is 3.38. The van der Waals surface area contributed by atoms with E-state index in [1.807, 2.05) is 24.0 Å². The van der Waals surface area contributed by atoms with E-state index in [0.717, 1.165) is 38.7 Å². The number of hydrogen-bond acceptors (Lipinski definition) is 3. The first-order valence-electron chi connectivity index (χ1n) is 6.75. The van der Waals surface area contributed by atoms with E-state index in [1.165, 1.54) is 6.42 Å². The molecule has 1 aromatic rings. The summed E-state index contributed by atoms with van der Waals surface area (Å²) in [6.45, 7) is 4.59. The second-order valence-corrected chi connectivity index (χ2v) is 4.80. The first kappa shape index (κ1) is 13.9. The van der Waals surface area contributed by atoms with E-state index in [2.05, 4.69) is 20.3 Å². The fourth-order valence-corrected chi connectivity index (χ4v) is 2.44. The highest BCUT2D eigenvalue weighted by atomic mass is 16.5. The number of nitrogens with zero attached hydrogens (tertiary/aromatic N) is 4. The molecule has 1 N–H and O–H groups in total. The number of guanidine groups is 1. The Morgan fingerprint density at radius 2 is 2.47 bits per heavy atom. The van der Waals surface area contributed by atoms with Crippen molar-refractivity contribution in [3.8, 4) is 0 Å². The Morgan fingerprint density at radius 1 is 1.58 bits per heavy atom. The molecule has 0 aromatic carbocycles. The molecular formula is C13H23N5O. The lowest BCUT2D eigenvalue weighted by molar-refractivity contribution is 0.157. The summed E-state index contributed by atoms with van der Waals surface area (Å²) in [6, 6.07) is 1.94. The Morgan fingerprint density at radius 3 is 3.16 bits per heavy atom. The number of rotatable bonds is 5. The van der Waals surface area contributed by atoms with Crippen LogP contribution in [0.3, 0.4) is 0 Å². The SMILES string of the molecule is CN=C(NCCn1cccn1)N1CCC(COC)C1. The zero-order valence-electron chi connectivity index (χ0n) is 11.7. The molecule has 1 saturated heterocycles. The zero-order valence-corrected chi connectivity index (χ0v) is 11.7. The van der Waals surface area contributed by atoms with E-state index in [1.54, 1.807) is 13.3 Å². The maximum atomic E-state index is 5.22. The average Bonchev–Trinajstić information content (AvgIpc) is 3.06. The van der Waals surface area contributed by atoms with E-state index >= 15 is 0 Å². The van der Waals surface area contributed by atoms with Crippen molar-refractivity contribution in [3.63, 3.8) is 0 Å². The number of likely N-dealkylation sites (tertiary alicyclic amines) is 1. The molecule has 2 rings (SSSR count). The molecule has 0 bridgehead atoms. The molecule has 106 valence electrons. The number of ether oxygens (including phenoxy) is 1. The van der Waals surface area contributed by atoms with Crippen molar-refractivity contribution in [1.29, 1.82) is 0 Å². The Kier molecular flexibility index (Phi) is 5.20. The Labute approximate surface area is 114 Å². The summed E-state index contributed by atoms with van der Waals surface area (Å²) in [5.74, 6) is 1.60. The molecule has 1 atom stereocenters. The van der Waals surface area contributed by atoms with Crippen LogP contribution in [0, 0.1) is 5.92 Å². The molecule has 0 saturated carbocycles. The minimum absolute atomic E-state index is 0.620. The normalized spacial score (nSPS) is 20.0. The molecule has 0 radical (unpaired) electrons. The number of hydrogen-bond donors (Lipinski definition) is 1. The van der Waals surface area contributed by atoms with Crippen LogP contribution in [-0.2, 0) is 11.3 Å². The molecule has 0 aliphatic carbocycles. The lowest BCUT2D eigenvalue weighted by atomic mass is 10.1. The molecule has 19 heavy (non-hydrogen) atoms. The molecule has 1 unspecified atom stereocenters. The predicted molar refractivity (Wildman–Crippen MR) is 75.1 cm³/mol. The standard InChI is InChI=1S/C13H23N5O/c1-14-13(15-6-9-18-7-3-5-16-18)17-8-4-12(10-17)11-19-2/h3,5,7,12H,4,6,8-11H2,1-2H3,(H,14,15). The second kappa shape index (κ2) is 7.13. The van der Waals surface area contributed by atoms with Crippen LogP contribution in [0.5, 0.6) is 0 Å². The van der Waals surface area contributed by atoms with Crippen molar-refractivity contribution < 1.29 is 4.74 Å². The summed E-state index contributed by atoms with van der Waals surface area (Å²) in [7, 11) is 3.60. The van der Waals surface area contributed by atoms with Crippen LogP contribution >= 0.6 is 0 Å². The molecule has 1 aromatic heterocycles. The lowest BCUT2D eigenvalue weighted by Crippen LogP contribution is -2.41. The summed E-state index contributed by atoms with van der Waals surface area (Å²) in [5, 5.41) is 7.57. The van der Waals surface area contributed by atoms with Gasteiger partial charge in [0.15, 0.2) is 5.96 Å². The van der Waals surface area contributed by atoms with Crippen LogP contribution in [0.1, 0.15) is 6.42 Å². The van der Waals surface area contributed by atoms with Gasteiger partial charge in [-0.05, 0) is 12.5 Å². The van der Waals surface area contributed by atoms with Crippen molar-refractivity contribution in [2.24, 2.45) is 10.9 Å². The van der Waals surface area contributed by atoms with Gasteiger partial charge in [0.25, 0.3) is 0 Å². The summed E-state index contributed by atoms with van der Waals surface area (Å²) in [4.78, 5) is 6.64. The van der Waals surface area contributed by atoms with Crippen molar-refractivity contribution >= 4 is 5.96 Å². The first-order valence-corrected chi connectivity index (χ1v) is 6.75. The minimum Gasteiger partial charge on any atom is -0.384 e. The van der Waals surface area contributed by atoms with Crippen LogP contribution < -0.4 is 5.32 Å². The molecule has 1 fully saturated rings. The molecular weight excluding hydrogens is 242 g/mol. The van der Waals surface area contributed by atoms with Crippen LogP contribution in [0.15, 0.2) is 23.5 Å². The third-order valence-corrected chi connectivity index (χ3v) is 3.38. The van der Waals surface area contributed by atoms with Crippen LogP contribution in [0.25, 0.3) is 0 Å². The zero-order chi connectivity index (χ0) is 13.5. The minimum atomic E-state index is 0.620. The summed E-state index contributed by atoms with van der Waals surface area (Å²) >= 11 is 0. The average molecular weight is 265 g/mol. The van der Waals surface area contributed by atoms with E-state index in [9.17, 15) is 0 Å². The van der Waals surface area contributed by atoms with Gasteiger partial charge < -0.3 is 15.0 Å². The highest BCUT2D eigenvalue weighted by Gasteiger charge is 2.24. The molecule has 0 spiro atoms. The van der Waals surface area contributed by atoms with Gasteiger partial charge in [0, 0.05) is 52.1 Å². The van der Waals surface area contributed by atoms with Gasteiger partial charge in [0.05, 0.1) is 13.2 Å². The third kappa shape index (κ3) is 3.96. The van der Waals surface area contributed by atoms with Crippen molar-refractivity contribution in [3.05, 3.63) is 18.5 Å². The Bertz CT molecular complexity index is 390. The van der Waals surface area contributed by atoms with Gasteiger partial charge in [0.2, 0.25) is 0 Å². The predicted octanol–water partition coefficient (Wildman–Crippen LogP) is 0.427. The molecule has 2 heterocycles. The number of nitrogens with one attached hydrogen (secondary N) is 1. The second-order valence-electron chi connectivity index (χ2n) is 4.80. The summed E-state index contributed by atoms with van der Waals surface area (Å²) in [6.07, 6.45) is 4.94. The van der Waals surface area contributed by atoms with E-state index in [4.69, 9.17) is 4.74 Å².